The van der Waals surface area contributed by atoms with E-state index in [1.165, 1.54) is 6.42 Å². The number of hydrogen-bond donors (Lipinski definition) is 1. The molecule has 2 saturated heterocycles. The van der Waals surface area contributed by atoms with Crippen LogP contribution in [0, 0.1) is 0 Å². The van der Waals surface area contributed by atoms with Gasteiger partial charge in [-0.05, 0) is 37.8 Å². The Morgan fingerprint density at radius 2 is 2.00 bits per heavy atom. The minimum Gasteiger partial charge on any atom is -0.393 e. The molecule has 0 aliphatic carbocycles. The number of piperidine rings is 2. The third kappa shape index (κ3) is 2.44. The van der Waals surface area contributed by atoms with Crippen LogP contribution in [0.25, 0.3) is 5.65 Å². The molecule has 5 nitrogen and oxygen atoms in total. The quantitative estimate of drug-likeness (QED) is 0.914. The zero-order chi connectivity index (χ0) is 15.1. The average molecular weight is 299 g/mol. The van der Waals surface area contributed by atoms with Crippen LogP contribution in [0.1, 0.15) is 37.8 Å². The monoisotopic (exact) mass is 299 g/mol. The van der Waals surface area contributed by atoms with Crippen LogP contribution in [-0.2, 0) is 6.54 Å². The fourth-order valence-electron chi connectivity index (χ4n) is 4.08. The van der Waals surface area contributed by atoms with Gasteiger partial charge in [0, 0.05) is 30.9 Å². The third-order valence-electron chi connectivity index (χ3n) is 5.07. The molecule has 2 aliphatic rings. The van der Waals surface area contributed by atoms with Crippen LogP contribution in [0.4, 0.5) is 0 Å². The fraction of sp³-hybridized carbons (Fsp3) is 0.529. The number of aromatic nitrogens is 2. The number of pyridine rings is 1. The van der Waals surface area contributed by atoms with Crippen LogP contribution in [-0.4, -0.2) is 37.6 Å². The van der Waals surface area contributed by atoms with E-state index in [1.54, 1.807) is 16.7 Å². The molecular weight excluding hydrogens is 278 g/mol. The van der Waals surface area contributed by atoms with Crippen molar-refractivity contribution in [2.75, 3.05) is 0 Å². The highest BCUT2D eigenvalue weighted by molar-refractivity contribution is 5.38. The summed E-state index contributed by atoms with van der Waals surface area (Å²) < 4.78 is 1.57. The first-order chi connectivity index (χ1) is 10.7. The Morgan fingerprint density at radius 3 is 2.77 bits per heavy atom. The second-order valence-electron chi connectivity index (χ2n) is 6.55. The molecule has 116 valence electrons. The Bertz CT molecular complexity index is 728. The second-order valence-corrected chi connectivity index (χ2v) is 6.55. The van der Waals surface area contributed by atoms with Crippen molar-refractivity contribution in [2.24, 2.45) is 0 Å². The standard InChI is InChI=1S/C17H21N3O2/c21-15-9-13-4-3-5-14(10-15)20(13)11-12-8-17(22)19-7-2-1-6-16(19)18-12/h1-2,6-8,13-15,21H,3-5,9-11H2/t13-,14+,15?. The number of rotatable bonds is 2. The largest absolute Gasteiger partial charge is 0.393 e. The maximum absolute atomic E-state index is 12.2. The third-order valence-corrected chi connectivity index (χ3v) is 5.07. The molecule has 2 aromatic heterocycles. The minimum atomic E-state index is -0.165. The van der Waals surface area contributed by atoms with Gasteiger partial charge in [-0.1, -0.05) is 12.5 Å². The van der Waals surface area contributed by atoms with Gasteiger partial charge in [0.05, 0.1) is 11.8 Å². The second kappa shape index (κ2) is 5.48. The molecule has 0 aromatic carbocycles. The summed E-state index contributed by atoms with van der Waals surface area (Å²) in [5.74, 6) is 0. The topological polar surface area (TPSA) is 57.8 Å². The summed E-state index contributed by atoms with van der Waals surface area (Å²) in [6.07, 6.45) is 6.81. The lowest BCUT2D eigenvalue weighted by Crippen LogP contribution is -2.53. The van der Waals surface area contributed by atoms with Gasteiger partial charge in [0.15, 0.2) is 0 Å². The molecule has 2 bridgehead atoms. The van der Waals surface area contributed by atoms with E-state index in [-0.39, 0.29) is 11.7 Å². The Kier molecular flexibility index (Phi) is 3.47. The molecule has 2 aliphatic heterocycles. The first-order valence-electron chi connectivity index (χ1n) is 8.12. The Morgan fingerprint density at radius 1 is 1.23 bits per heavy atom. The summed E-state index contributed by atoms with van der Waals surface area (Å²) in [7, 11) is 0. The summed E-state index contributed by atoms with van der Waals surface area (Å²) >= 11 is 0. The van der Waals surface area contributed by atoms with Gasteiger partial charge < -0.3 is 5.11 Å². The van der Waals surface area contributed by atoms with Crippen molar-refractivity contribution < 1.29 is 5.11 Å². The van der Waals surface area contributed by atoms with E-state index in [1.807, 2.05) is 18.2 Å². The predicted molar refractivity (Wildman–Crippen MR) is 83.7 cm³/mol. The Hall–Kier alpha value is -1.72. The Labute approximate surface area is 129 Å². The fourth-order valence-corrected chi connectivity index (χ4v) is 4.08. The zero-order valence-electron chi connectivity index (χ0n) is 12.6. The molecule has 0 amide bonds. The Balaban J connectivity index is 1.64. The van der Waals surface area contributed by atoms with E-state index in [9.17, 15) is 9.90 Å². The zero-order valence-corrected chi connectivity index (χ0v) is 12.6. The van der Waals surface area contributed by atoms with Crippen molar-refractivity contribution in [1.29, 1.82) is 0 Å². The van der Waals surface area contributed by atoms with Gasteiger partial charge in [0.1, 0.15) is 5.65 Å². The SMILES string of the molecule is O=c1cc(CN2[C@@H]3CCC[C@H]2CC(O)C3)nc2ccccn12. The smallest absolute Gasteiger partial charge is 0.258 e. The number of aliphatic hydroxyl groups is 1. The van der Waals surface area contributed by atoms with Crippen LogP contribution < -0.4 is 5.56 Å². The summed E-state index contributed by atoms with van der Waals surface area (Å²) in [6.45, 7) is 0.711. The van der Waals surface area contributed by atoms with E-state index in [0.717, 1.165) is 31.4 Å². The van der Waals surface area contributed by atoms with Crippen LogP contribution in [0.2, 0.25) is 0 Å². The molecule has 3 atom stereocenters. The van der Waals surface area contributed by atoms with Gasteiger partial charge in [-0.25, -0.2) is 4.98 Å². The molecular formula is C17H21N3O2. The molecule has 1 N–H and O–H groups in total. The van der Waals surface area contributed by atoms with Crippen molar-refractivity contribution in [3.05, 3.63) is 46.5 Å². The van der Waals surface area contributed by atoms with Gasteiger partial charge >= 0.3 is 0 Å². The van der Waals surface area contributed by atoms with Gasteiger partial charge in [0.2, 0.25) is 0 Å². The van der Waals surface area contributed by atoms with Crippen molar-refractivity contribution in [2.45, 2.75) is 56.8 Å². The van der Waals surface area contributed by atoms with Crippen molar-refractivity contribution >= 4 is 5.65 Å². The minimum absolute atomic E-state index is 0.0252. The lowest BCUT2D eigenvalue weighted by atomic mass is 9.83. The highest BCUT2D eigenvalue weighted by Crippen LogP contribution is 2.34. The van der Waals surface area contributed by atoms with Gasteiger partial charge in [-0.3, -0.25) is 14.1 Å². The summed E-state index contributed by atoms with van der Waals surface area (Å²) in [4.78, 5) is 19.3. The first-order valence-corrected chi connectivity index (χ1v) is 8.12. The average Bonchev–Trinajstić information content (AvgIpc) is 2.48. The number of nitrogens with zero attached hydrogens (tertiary/aromatic N) is 3. The maximum atomic E-state index is 12.2. The number of hydrogen-bond acceptors (Lipinski definition) is 4. The van der Waals surface area contributed by atoms with Crippen LogP contribution in [0.15, 0.2) is 35.3 Å². The van der Waals surface area contributed by atoms with E-state index in [0.29, 0.717) is 24.3 Å². The number of fused-ring (bicyclic) bond motifs is 3. The highest BCUT2D eigenvalue weighted by atomic mass is 16.3. The van der Waals surface area contributed by atoms with E-state index in [4.69, 9.17) is 0 Å². The molecule has 0 saturated carbocycles. The van der Waals surface area contributed by atoms with Crippen molar-refractivity contribution in [1.82, 2.24) is 14.3 Å². The van der Waals surface area contributed by atoms with Gasteiger partial charge in [-0.2, -0.15) is 0 Å². The maximum Gasteiger partial charge on any atom is 0.258 e. The number of aliphatic hydroxyl groups excluding tert-OH is 1. The molecule has 4 heterocycles. The summed E-state index contributed by atoms with van der Waals surface area (Å²) in [5, 5.41) is 9.99. The van der Waals surface area contributed by atoms with Gasteiger partial charge in [-0.15, -0.1) is 0 Å². The molecule has 0 spiro atoms. The lowest BCUT2D eigenvalue weighted by molar-refractivity contribution is -0.0318. The molecule has 22 heavy (non-hydrogen) atoms. The molecule has 5 heteroatoms. The van der Waals surface area contributed by atoms with E-state index >= 15 is 0 Å². The van der Waals surface area contributed by atoms with Crippen LogP contribution >= 0.6 is 0 Å². The highest BCUT2D eigenvalue weighted by Gasteiger charge is 2.37. The summed E-state index contributed by atoms with van der Waals surface area (Å²) in [6, 6.07) is 8.11. The molecule has 4 rings (SSSR count). The molecule has 1 unspecified atom stereocenters. The lowest BCUT2D eigenvalue weighted by Gasteiger charge is -2.47. The van der Waals surface area contributed by atoms with Gasteiger partial charge in [0.25, 0.3) is 5.56 Å². The van der Waals surface area contributed by atoms with E-state index < -0.39 is 0 Å². The predicted octanol–water partition coefficient (Wildman–Crippen LogP) is 1.57. The van der Waals surface area contributed by atoms with E-state index in [2.05, 4.69) is 9.88 Å². The first kappa shape index (κ1) is 13.9. The summed E-state index contributed by atoms with van der Waals surface area (Å²) in [5.41, 5.74) is 1.51. The normalized spacial score (nSPS) is 28.9. The molecule has 2 aromatic rings. The van der Waals surface area contributed by atoms with Crippen LogP contribution in [0.5, 0.6) is 0 Å². The molecule has 2 fully saturated rings. The van der Waals surface area contributed by atoms with Crippen LogP contribution in [0.3, 0.4) is 0 Å². The van der Waals surface area contributed by atoms with Crippen molar-refractivity contribution in [3.8, 4) is 0 Å². The molecule has 0 radical (unpaired) electrons. The van der Waals surface area contributed by atoms with Crippen molar-refractivity contribution in [3.63, 3.8) is 0 Å².